The fourth-order valence-corrected chi connectivity index (χ4v) is 3.55. The Hall–Kier alpha value is -3.45. The van der Waals surface area contributed by atoms with Crippen LogP contribution in [0.25, 0.3) is 22.6 Å². The molecular weight excluding hydrogens is 380 g/mol. The Morgan fingerprint density at radius 2 is 1.97 bits per heavy atom. The summed E-state index contributed by atoms with van der Waals surface area (Å²) in [6, 6.07) is 13.6. The number of nitrogens with two attached hydrogens (primary N) is 1. The molecule has 1 amide bonds. The number of aliphatic hydroxyl groups is 1. The molecular formula is C23H24N4O3. The van der Waals surface area contributed by atoms with Crippen LogP contribution in [0.5, 0.6) is 0 Å². The van der Waals surface area contributed by atoms with Crippen LogP contribution in [0.1, 0.15) is 47.4 Å². The van der Waals surface area contributed by atoms with Gasteiger partial charge in [0.25, 0.3) is 5.91 Å². The molecule has 2 aromatic carbocycles. The number of carbonyl (C=O) groups is 1. The zero-order chi connectivity index (χ0) is 21.3. The van der Waals surface area contributed by atoms with E-state index in [9.17, 15) is 9.90 Å². The first kappa shape index (κ1) is 19.8. The van der Waals surface area contributed by atoms with E-state index < -0.39 is 12.0 Å². The van der Waals surface area contributed by atoms with Gasteiger partial charge in [0.05, 0.1) is 18.5 Å². The van der Waals surface area contributed by atoms with E-state index in [4.69, 9.17) is 10.2 Å². The molecule has 2 atom stereocenters. The summed E-state index contributed by atoms with van der Waals surface area (Å²) in [6.07, 6.45) is 3.97. The minimum Gasteiger partial charge on any atom is -0.436 e. The van der Waals surface area contributed by atoms with Crippen molar-refractivity contribution in [3.8, 4) is 11.5 Å². The molecule has 0 radical (unpaired) electrons. The number of aromatic nitrogens is 3. The van der Waals surface area contributed by atoms with Crippen LogP contribution >= 0.6 is 0 Å². The van der Waals surface area contributed by atoms with Crippen molar-refractivity contribution in [3.63, 3.8) is 0 Å². The average molecular weight is 404 g/mol. The van der Waals surface area contributed by atoms with Gasteiger partial charge < -0.3 is 19.8 Å². The topological polar surface area (TPSA) is 107 Å². The second kappa shape index (κ2) is 8.12. The number of benzene rings is 2. The van der Waals surface area contributed by atoms with Crippen LogP contribution in [0.4, 0.5) is 0 Å². The van der Waals surface area contributed by atoms with Crippen molar-refractivity contribution in [2.75, 3.05) is 0 Å². The quantitative estimate of drug-likeness (QED) is 0.486. The summed E-state index contributed by atoms with van der Waals surface area (Å²) in [6.45, 7) is 3.79. The van der Waals surface area contributed by atoms with Gasteiger partial charge in [0, 0.05) is 17.3 Å². The van der Waals surface area contributed by atoms with Gasteiger partial charge in [0.15, 0.2) is 5.58 Å². The third kappa shape index (κ3) is 3.97. The van der Waals surface area contributed by atoms with Gasteiger partial charge in [0.1, 0.15) is 11.2 Å². The highest BCUT2D eigenvalue weighted by Gasteiger charge is 2.22. The van der Waals surface area contributed by atoms with Gasteiger partial charge >= 0.3 is 0 Å². The molecule has 2 heterocycles. The van der Waals surface area contributed by atoms with E-state index in [0.29, 0.717) is 24.3 Å². The number of rotatable bonds is 7. The molecule has 2 aromatic heterocycles. The predicted octanol–water partition coefficient (Wildman–Crippen LogP) is 3.85. The van der Waals surface area contributed by atoms with Gasteiger partial charge in [-0.2, -0.15) is 0 Å². The number of para-hydroxylation sites is 1. The van der Waals surface area contributed by atoms with Gasteiger partial charge in [-0.15, -0.1) is 0 Å². The largest absolute Gasteiger partial charge is 0.436 e. The normalized spacial score (nSPS) is 13.4. The number of primary amides is 1. The standard InChI is InChI=1S/C23H24N4O3/c1-14-6-9-16(10-7-14)23-26-18-5-3-4-17(21(18)30-23)20(11-8-15(2)28)27-12-19(22(24)29)25-13-27/h3-7,9-10,12-13,15,20,28H,8,11H2,1-2H3,(H2,24,29)/t15-,20?/m0/s1. The molecule has 0 aliphatic carbocycles. The maximum atomic E-state index is 11.5. The monoisotopic (exact) mass is 404 g/mol. The van der Waals surface area contributed by atoms with Crippen LogP contribution < -0.4 is 5.73 Å². The van der Waals surface area contributed by atoms with Gasteiger partial charge in [0.2, 0.25) is 5.89 Å². The summed E-state index contributed by atoms with van der Waals surface area (Å²) in [4.78, 5) is 20.3. The maximum absolute atomic E-state index is 11.5. The van der Waals surface area contributed by atoms with E-state index in [0.717, 1.165) is 16.6 Å². The number of carbonyl (C=O) groups excluding carboxylic acids is 1. The van der Waals surface area contributed by atoms with E-state index in [2.05, 4.69) is 9.97 Å². The maximum Gasteiger partial charge on any atom is 0.268 e. The number of oxazole rings is 1. The number of fused-ring (bicyclic) bond motifs is 1. The molecule has 30 heavy (non-hydrogen) atoms. The second-order valence-corrected chi connectivity index (χ2v) is 7.59. The number of aryl methyl sites for hydroxylation is 1. The summed E-state index contributed by atoms with van der Waals surface area (Å²) in [5, 5.41) is 9.84. The summed E-state index contributed by atoms with van der Waals surface area (Å²) in [5.74, 6) is -0.0299. The lowest BCUT2D eigenvalue weighted by atomic mass is 9.99. The molecule has 7 nitrogen and oxygen atoms in total. The number of hydrogen-bond donors (Lipinski definition) is 2. The molecule has 4 rings (SSSR count). The second-order valence-electron chi connectivity index (χ2n) is 7.59. The molecule has 4 aromatic rings. The number of amides is 1. The summed E-state index contributed by atoms with van der Waals surface area (Å²) >= 11 is 0. The first-order valence-corrected chi connectivity index (χ1v) is 9.90. The van der Waals surface area contributed by atoms with E-state index in [-0.39, 0.29) is 11.7 Å². The number of aliphatic hydroxyl groups excluding tert-OH is 1. The highest BCUT2D eigenvalue weighted by molar-refractivity contribution is 5.90. The van der Waals surface area contributed by atoms with Crippen molar-refractivity contribution in [1.29, 1.82) is 0 Å². The van der Waals surface area contributed by atoms with E-state index in [1.54, 1.807) is 19.4 Å². The molecule has 0 saturated heterocycles. The molecule has 0 spiro atoms. The Balaban J connectivity index is 1.79. The lowest BCUT2D eigenvalue weighted by molar-refractivity contribution is 0.0996. The van der Waals surface area contributed by atoms with Crippen LogP contribution in [0.15, 0.2) is 59.4 Å². The molecule has 0 bridgehead atoms. The predicted molar refractivity (Wildman–Crippen MR) is 114 cm³/mol. The lowest BCUT2D eigenvalue weighted by Gasteiger charge is -2.19. The molecule has 1 unspecified atom stereocenters. The van der Waals surface area contributed by atoms with Crippen molar-refractivity contribution in [2.24, 2.45) is 5.73 Å². The molecule has 0 aliphatic heterocycles. The summed E-state index contributed by atoms with van der Waals surface area (Å²) in [5.41, 5.74) is 9.98. The molecule has 0 aliphatic rings. The van der Waals surface area contributed by atoms with E-state index in [1.165, 1.54) is 5.56 Å². The molecule has 0 saturated carbocycles. The Labute approximate surface area is 174 Å². The molecule has 154 valence electrons. The third-order valence-corrected chi connectivity index (χ3v) is 5.17. The molecule has 7 heteroatoms. The van der Waals surface area contributed by atoms with Crippen molar-refractivity contribution in [2.45, 2.75) is 38.8 Å². The Morgan fingerprint density at radius 3 is 2.63 bits per heavy atom. The van der Waals surface area contributed by atoms with Gasteiger partial charge in [-0.1, -0.05) is 29.8 Å². The Bertz CT molecular complexity index is 1170. The van der Waals surface area contributed by atoms with Gasteiger partial charge in [-0.25, -0.2) is 9.97 Å². The van der Waals surface area contributed by atoms with Gasteiger partial charge in [-0.05, 0) is 44.9 Å². The molecule has 3 N–H and O–H groups in total. The van der Waals surface area contributed by atoms with Gasteiger partial charge in [-0.3, -0.25) is 4.79 Å². The SMILES string of the molecule is Cc1ccc(-c2nc3cccc(C(CC[C@H](C)O)n4cnc(C(N)=O)c4)c3o2)cc1. The third-order valence-electron chi connectivity index (χ3n) is 5.17. The van der Waals surface area contributed by atoms with Crippen LogP contribution in [0.2, 0.25) is 0 Å². The number of imidazole rings is 1. The minimum absolute atomic E-state index is 0.192. The van der Waals surface area contributed by atoms with Crippen LogP contribution in [0, 0.1) is 6.92 Å². The van der Waals surface area contributed by atoms with Crippen LogP contribution in [-0.2, 0) is 0 Å². The Morgan fingerprint density at radius 1 is 1.20 bits per heavy atom. The highest BCUT2D eigenvalue weighted by atomic mass is 16.3. The summed E-state index contributed by atoms with van der Waals surface area (Å²) in [7, 11) is 0. The van der Waals surface area contributed by atoms with Crippen molar-refractivity contribution < 1.29 is 14.3 Å². The summed E-state index contributed by atoms with van der Waals surface area (Å²) < 4.78 is 8.03. The van der Waals surface area contributed by atoms with Crippen LogP contribution in [-0.4, -0.2) is 31.7 Å². The average Bonchev–Trinajstić information content (AvgIpc) is 3.36. The first-order chi connectivity index (χ1) is 14.4. The van der Waals surface area contributed by atoms with E-state index in [1.807, 2.05) is 54.0 Å². The zero-order valence-corrected chi connectivity index (χ0v) is 16.9. The first-order valence-electron chi connectivity index (χ1n) is 9.90. The van der Waals surface area contributed by atoms with Crippen molar-refractivity contribution in [1.82, 2.24) is 14.5 Å². The fourth-order valence-electron chi connectivity index (χ4n) is 3.55. The van der Waals surface area contributed by atoms with Crippen LogP contribution in [0.3, 0.4) is 0 Å². The highest BCUT2D eigenvalue weighted by Crippen LogP contribution is 2.33. The minimum atomic E-state index is -0.581. The lowest BCUT2D eigenvalue weighted by Crippen LogP contribution is -2.14. The number of nitrogens with zero attached hydrogens (tertiary/aromatic N) is 3. The Kier molecular flexibility index (Phi) is 5.37. The smallest absolute Gasteiger partial charge is 0.268 e. The number of hydrogen-bond acceptors (Lipinski definition) is 5. The van der Waals surface area contributed by atoms with Crippen molar-refractivity contribution >= 4 is 17.0 Å². The zero-order valence-electron chi connectivity index (χ0n) is 16.9. The fraction of sp³-hybridized carbons (Fsp3) is 0.261. The van der Waals surface area contributed by atoms with E-state index >= 15 is 0 Å². The molecule has 0 fully saturated rings. The van der Waals surface area contributed by atoms with Crippen molar-refractivity contribution in [3.05, 3.63) is 71.8 Å².